The minimum atomic E-state index is 0.0638. The summed E-state index contributed by atoms with van der Waals surface area (Å²) >= 11 is 0. The smallest absolute Gasteiger partial charge is 0.151 e. The van der Waals surface area contributed by atoms with Crippen LogP contribution in [-0.4, -0.2) is 29.9 Å². The van der Waals surface area contributed by atoms with E-state index >= 15 is 0 Å². The third kappa shape index (κ3) is 3.45. The minimum Gasteiger partial charge on any atom is -0.483 e. The van der Waals surface area contributed by atoms with E-state index in [0.717, 1.165) is 35.4 Å². The third-order valence-electron chi connectivity index (χ3n) is 5.33. The molecule has 3 aromatic rings. The molecule has 0 spiro atoms. The Morgan fingerprint density at radius 2 is 2.04 bits per heavy atom. The minimum absolute atomic E-state index is 0.0638. The van der Waals surface area contributed by atoms with Gasteiger partial charge in [0.1, 0.15) is 17.4 Å². The molecular formula is C22H26N2O3. The zero-order valence-electron chi connectivity index (χ0n) is 16.2. The van der Waals surface area contributed by atoms with Crippen molar-refractivity contribution in [1.82, 2.24) is 9.55 Å². The molecule has 1 aromatic heterocycles. The van der Waals surface area contributed by atoms with E-state index in [1.807, 2.05) is 20.0 Å². The summed E-state index contributed by atoms with van der Waals surface area (Å²) in [5, 5.41) is 0. The van der Waals surface area contributed by atoms with Crippen molar-refractivity contribution in [3.8, 4) is 5.75 Å². The van der Waals surface area contributed by atoms with E-state index in [9.17, 15) is 0 Å². The van der Waals surface area contributed by atoms with Crippen molar-refractivity contribution in [3.05, 3.63) is 58.9 Å². The average Bonchev–Trinajstić information content (AvgIpc) is 3.00. The molecule has 27 heavy (non-hydrogen) atoms. The Morgan fingerprint density at radius 1 is 1.22 bits per heavy atom. The van der Waals surface area contributed by atoms with Gasteiger partial charge in [0.2, 0.25) is 0 Å². The van der Waals surface area contributed by atoms with E-state index < -0.39 is 0 Å². The number of rotatable bonds is 6. The number of benzene rings is 2. The van der Waals surface area contributed by atoms with Gasteiger partial charge >= 0.3 is 0 Å². The molecule has 0 bridgehead atoms. The summed E-state index contributed by atoms with van der Waals surface area (Å²) in [6.45, 7) is 3.77. The Hall–Kier alpha value is -2.37. The second kappa shape index (κ2) is 7.71. The van der Waals surface area contributed by atoms with Crippen LogP contribution in [-0.2, 0) is 29.5 Å². The topological polar surface area (TPSA) is 45.5 Å². The Balaban J connectivity index is 1.73. The first-order valence-electron chi connectivity index (χ1n) is 9.45. The summed E-state index contributed by atoms with van der Waals surface area (Å²) in [5.74, 6) is 1.90. The molecule has 1 unspecified atom stereocenters. The lowest BCUT2D eigenvalue weighted by atomic mass is 9.93. The predicted molar refractivity (Wildman–Crippen MR) is 105 cm³/mol. The van der Waals surface area contributed by atoms with Gasteiger partial charge in [0.25, 0.3) is 0 Å². The first-order valence-corrected chi connectivity index (χ1v) is 9.45. The normalized spacial score (nSPS) is 16.3. The quantitative estimate of drug-likeness (QED) is 0.616. The molecule has 2 heterocycles. The predicted octanol–water partition coefficient (Wildman–Crippen LogP) is 4.11. The van der Waals surface area contributed by atoms with E-state index in [0.29, 0.717) is 19.8 Å². The molecule has 1 aliphatic rings. The Kier molecular flexibility index (Phi) is 5.14. The fourth-order valence-electron chi connectivity index (χ4n) is 3.73. The van der Waals surface area contributed by atoms with Gasteiger partial charge in [0.05, 0.1) is 25.3 Å². The number of aromatic nitrogens is 2. The highest BCUT2D eigenvalue weighted by molar-refractivity contribution is 5.85. The summed E-state index contributed by atoms with van der Waals surface area (Å²) in [7, 11) is 3.73. The molecular weight excluding hydrogens is 340 g/mol. The molecule has 5 nitrogen and oxygen atoms in total. The second-order valence-corrected chi connectivity index (χ2v) is 7.03. The molecule has 0 fully saturated rings. The van der Waals surface area contributed by atoms with Gasteiger partial charge in [-0.15, -0.1) is 0 Å². The SMILES string of the molecule is COCCOCc1cc2c(nc(C)n2C)c2c1CCC(c1ccccc1)O2. The molecule has 2 aromatic carbocycles. The van der Waals surface area contributed by atoms with Crippen LogP contribution in [0.5, 0.6) is 5.75 Å². The van der Waals surface area contributed by atoms with Gasteiger partial charge in [-0.25, -0.2) is 4.98 Å². The zero-order chi connectivity index (χ0) is 18.8. The van der Waals surface area contributed by atoms with Gasteiger partial charge in [-0.05, 0) is 37.0 Å². The lowest BCUT2D eigenvalue weighted by molar-refractivity contribution is 0.0608. The molecule has 0 saturated carbocycles. The number of hydrogen-bond donors (Lipinski definition) is 0. The van der Waals surface area contributed by atoms with Crippen LogP contribution in [0.4, 0.5) is 0 Å². The number of nitrogens with zero attached hydrogens (tertiary/aromatic N) is 2. The number of methoxy groups -OCH3 is 1. The fraction of sp³-hybridized carbons (Fsp3) is 0.409. The van der Waals surface area contributed by atoms with E-state index in [-0.39, 0.29) is 6.10 Å². The number of imidazole rings is 1. The summed E-state index contributed by atoms with van der Waals surface area (Å²) in [4.78, 5) is 4.78. The van der Waals surface area contributed by atoms with Crippen molar-refractivity contribution in [3.63, 3.8) is 0 Å². The summed E-state index contributed by atoms with van der Waals surface area (Å²) in [5.41, 5.74) is 5.66. The molecule has 0 radical (unpaired) electrons. The summed E-state index contributed by atoms with van der Waals surface area (Å²) in [6, 6.07) is 12.6. The number of aryl methyl sites for hydroxylation is 2. The number of hydrogen-bond acceptors (Lipinski definition) is 4. The second-order valence-electron chi connectivity index (χ2n) is 7.03. The van der Waals surface area contributed by atoms with Crippen LogP contribution in [0.2, 0.25) is 0 Å². The molecule has 0 saturated heterocycles. The maximum atomic E-state index is 6.51. The van der Waals surface area contributed by atoms with Gasteiger partial charge in [-0.2, -0.15) is 0 Å². The molecule has 0 aliphatic carbocycles. The van der Waals surface area contributed by atoms with Crippen LogP contribution >= 0.6 is 0 Å². The lowest BCUT2D eigenvalue weighted by Gasteiger charge is -2.28. The van der Waals surface area contributed by atoms with Crippen LogP contribution < -0.4 is 4.74 Å². The molecule has 5 heteroatoms. The highest BCUT2D eigenvalue weighted by Crippen LogP contribution is 2.41. The van der Waals surface area contributed by atoms with Crippen LogP contribution in [0.15, 0.2) is 36.4 Å². The largest absolute Gasteiger partial charge is 0.483 e. The maximum Gasteiger partial charge on any atom is 0.151 e. The summed E-state index contributed by atoms with van der Waals surface area (Å²) < 4.78 is 19.5. The first-order chi connectivity index (χ1) is 13.2. The van der Waals surface area contributed by atoms with Crippen molar-refractivity contribution >= 4 is 11.0 Å². The van der Waals surface area contributed by atoms with E-state index in [1.54, 1.807) is 7.11 Å². The molecule has 0 amide bonds. The molecule has 1 atom stereocenters. The van der Waals surface area contributed by atoms with Crippen molar-refractivity contribution in [2.45, 2.75) is 32.5 Å². The van der Waals surface area contributed by atoms with E-state index in [2.05, 4.69) is 34.9 Å². The fourth-order valence-corrected chi connectivity index (χ4v) is 3.73. The van der Waals surface area contributed by atoms with Crippen molar-refractivity contribution in [2.75, 3.05) is 20.3 Å². The van der Waals surface area contributed by atoms with Gasteiger partial charge in [-0.1, -0.05) is 30.3 Å². The first kappa shape index (κ1) is 18.0. The average molecular weight is 366 g/mol. The summed E-state index contributed by atoms with van der Waals surface area (Å²) in [6.07, 6.45) is 1.98. The highest BCUT2D eigenvalue weighted by Gasteiger charge is 2.27. The Morgan fingerprint density at radius 3 is 2.81 bits per heavy atom. The van der Waals surface area contributed by atoms with Crippen molar-refractivity contribution < 1.29 is 14.2 Å². The number of ether oxygens (including phenoxy) is 3. The van der Waals surface area contributed by atoms with Crippen LogP contribution in [0.1, 0.15) is 35.0 Å². The highest BCUT2D eigenvalue weighted by atomic mass is 16.5. The Bertz CT molecular complexity index is 934. The molecule has 142 valence electrons. The van der Waals surface area contributed by atoms with Crippen LogP contribution in [0.25, 0.3) is 11.0 Å². The molecule has 4 rings (SSSR count). The van der Waals surface area contributed by atoms with Gasteiger partial charge in [-0.3, -0.25) is 0 Å². The van der Waals surface area contributed by atoms with E-state index in [4.69, 9.17) is 19.2 Å². The maximum absolute atomic E-state index is 6.51. The Labute approximate surface area is 159 Å². The van der Waals surface area contributed by atoms with Gasteiger partial charge in [0.15, 0.2) is 5.75 Å². The standard InChI is InChI=1S/C22H26N2O3/c1-15-23-21-19(24(15)2)13-17(14-26-12-11-25-3)18-9-10-20(27-22(18)21)16-7-5-4-6-8-16/h4-8,13,20H,9-12,14H2,1-3H3. The lowest BCUT2D eigenvalue weighted by Crippen LogP contribution is -2.17. The molecule has 0 N–H and O–H groups in total. The van der Waals surface area contributed by atoms with Crippen molar-refractivity contribution in [1.29, 1.82) is 0 Å². The third-order valence-corrected chi connectivity index (χ3v) is 5.33. The van der Waals surface area contributed by atoms with Crippen LogP contribution in [0, 0.1) is 6.92 Å². The van der Waals surface area contributed by atoms with Gasteiger partial charge < -0.3 is 18.8 Å². The van der Waals surface area contributed by atoms with E-state index in [1.165, 1.54) is 16.7 Å². The van der Waals surface area contributed by atoms with Crippen molar-refractivity contribution in [2.24, 2.45) is 7.05 Å². The van der Waals surface area contributed by atoms with Gasteiger partial charge in [0, 0.05) is 19.7 Å². The molecule has 1 aliphatic heterocycles. The van der Waals surface area contributed by atoms with Crippen LogP contribution in [0.3, 0.4) is 0 Å². The monoisotopic (exact) mass is 366 g/mol. The zero-order valence-corrected chi connectivity index (χ0v) is 16.2. The number of fused-ring (bicyclic) bond motifs is 3.